The molecule has 0 aliphatic carbocycles. The van der Waals surface area contributed by atoms with E-state index in [0.29, 0.717) is 0 Å². The van der Waals surface area contributed by atoms with E-state index < -0.39 is 0 Å². The molecule has 2 aliphatic heterocycles. The van der Waals surface area contributed by atoms with E-state index >= 15 is 0 Å². The van der Waals surface area contributed by atoms with E-state index in [2.05, 4.69) is 27.3 Å². The zero-order chi connectivity index (χ0) is 14.9. The van der Waals surface area contributed by atoms with Gasteiger partial charge in [-0.2, -0.15) is 0 Å². The summed E-state index contributed by atoms with van der Waals surface area (Å²) in [5.41, 5.74) is 1.15. The Labute approximate surface area is 129 Å². The van der Waals surface area contributed by atoms with Crippen LogP contribution >= 0.6 is 0 Å². The van der Waals surface area contributed by atoms with Gasteiger partial charge in [-0.05, 0) is 25.0 Å². The first-order valence-corrected chi connectivity index (χ1v) is 7.79. The molecule has 1 amide bonds. The van der Waals surface area contributed by atoms with Crippen molar-refractivity contribution in [2.75, 3.05) is 24.5 Å². The van der Waals surface area contributed by atoms with Crippen LogP contribution in [0, 0.1) is 0 Å². The van der Waals surface area contributed by atoms with E-state index in [0.717, 1.165) is 38.2 Å². The van der Waals surface area contributed by atoms with Crippen LogP contribution in [-0.4, -0.2) is 51.5 Å². The van der Waals surface area contributed by atoms with Crippen molar-refractivity contribution in [1.29, 1.82) is 0 Å². The molecule has 1 aromatic heterocycles. The average Bonchev–Trinajstić information content (AvgIpc) is 3.18. The maximum Gasteiger partial charge on any atom is 0.245 e. The molecule has 3 heterocycles. The standard InChI is InChI=1S/C16H19N5O/c22-16(19-11-14(12-19)21-10-8-17-18-21)15-7-4-9-20(15)13-5-2-1-3-6-13/h1-3,5-6,8,10,14-15H,4,7,9,11-12H2. The number of hydrogen-bond acceptors (Lipinski definition) is 4. The first-order valence-electron chi connectivity index (χ1n) is 7.79. The highest BCUT2D eigenvalue weighted by Crippen LogP contribution is 2.29. The quantitative estimate of drug-likeness (QED) is 0.857. The second-order valence-electron chi connectivity index (χ2n) is 5.97. The normalized spacial score (nSPS) is 21.9. The Morgan fingerprint density at radius 1 is 1.18 bits per heavy atom. The maximum absolute atomic E-state index is 12.8. The highest BCUT2D eigenvalue weighted by atomic mass is 16.2. The van der Waals surface area contributed by atoms with E-state index in [1.54, 1.807) is 6.20 Å². The number of aromatic nitrogens is 3. The van der Waals surface area contributed by atoms with Gasteiger partial charge in [-0.3, -0.25) is 4.79 Å². The van der Waals surface area contributed by atoms with E-state index in [-0.39, 0.29) is 18.0 Å². The minimum Gasteiger partial charge on any atom is -0.360 e. The van der Waals surface area contributed by atoms with Crippen LogP contribution < -0.4 is 4.90 Å². The van der Waals surface area contributed by atoms with Crippen LogP contribution in [0.25, 0.3) is 0 Å². The Bertz CT molecular complexity index is 636. The van der Waals surface area contributed by atoms with Gasteiger partial charge in [-0.1, -0.05) is 23.4 Å². The predicted molar refractivity (Wildman–Crippen MR) is 82.4 cm³/mol. The summed E-state index contributed by atoms with van der Waals surface area (Å²) in [5.74, 6) is 0.248. The first kappa shape index (κ1) is 13.3. The topological polar surface area (TPSA) is 54.3 Å². The van der Waals surface area contributed by atoms with Crippen LogP contribution in [0.3, 0.4) is 0 Å². The summed E-state index contributed by atoms with van der Waals surface area (Å²) < 4.78 is 1.84. The van der Waals surface area contributed by atoms with Crippen molar-refractivity contribution in [2.24, 2.45) is 0 Å². The third kappa shape index (κ3) is 2.24. The molecule has 1 unspecified atom stereocenters. The first-order chi connectivity index (χ1) is 10.8. The Morgan fingerprint density at radius 3 is 2.73 bits per heavy atom. The van der Waals surface area contributed by atoms with Gasteiger partial charge in [0.2, 0.25) is 5.91 Å². The molecule has 2 aliphatic rings. The second kappa shape index (κ2) is 5.44. The van der Waals surface area contributed by atoms with Crippen molar-refractivity contribution < 1.29 is 4.79 Å². The van der Waals surface area contributed by atoms with Crippen LogP contribution in [-0.2, 0) is 4.79 Å². The molecule has 22 heavy (non-hydrogen) atoms. The van der Waals surface area contributed by atoms with Gasteiger partial charge < -0.3 is 9.80 Å². The average molecular weight is 297 g/mol. The van der Waals surface area contributed by atoms with E-state index in [4.69, 9.17) is 0 Å². The summed E-state index contributed by atoms with van der Waals surface area (Å²) in [6, 6.07) is 10.5. The lowest BCUT2D eigenvalue weighted by atomic mass is 10.1. The highest BCUT2D eigenvalue weighted by molar-refractivity contribution is 5.86. The summed E-state index contributed by atoms with van der Waals surface area (Å²) in [7, 11) is 0. The third-order valence-corrected chi connectivity index (χ3v) is 4.61. The number of benzene rings is 1. The number of amides is 1. The maximum atomic E-state index is 12.8. The number of rotatable bonds is 3. The van der Waals surface area contributed by atoms with Crippen molar-refractivity contribution in [1.82, 2.24) is 19.9 Å². The molecule has 0 bridgehead atoms. The fourth-order valence-corrected chi connectivity index (χ4v) is 3.38. The van der Waals surface area contributed by atoms with Crippen LogP contribution in [0.4, 0.5) is 5.69 Å². The van der Waals surface area contributed by atoms with E-state index in [1.807, 2.05) is 34.0 Å². The number of likely N-dealkylation sites (tertiary alicyclic amines) is 1. The number of carbonyl (C=O) groups is 1. The molecule has 0 N–H and O–H groups in total. The van der Waals surface area contributed by atoms with Crippen molar-refractivity contribution in [3.8, 4) is 0 Å². The van der Waals surface area contributed by atoms with Crippen molar-refractivity contribution in [3.63, 3.8) is 0 Å². The summed E-state index contributed by atoms with van der Waals surface area (Å²) >= 11 is 0. The van der Waals surface area contributed by atoms with Crippen LogP contribution in [0.1, 0.15) is 18.9 Å². The molecule has 2 fully saturated rings. The fraction of sp³-hybridized carbons (Fsp3) is 0.438. The van der Waals surface area contributed by atoms with Gasteiger partial charge in [0.25, 0.3) is 0 Å². The molecule has 114 valence electrons. The van der Waals surface area contributed by atoms with Crippen LogP contribution in [0.2, 0.25) is 0 Å². The van der Waals surface area contributed by atoms with Gasteiger partial charge in [-0.15, -0.1) is 5.10 Å². The second-order valence-corrected chi connectivity index (χ2v) is 5.97. The molecule has 1 aromatic carbocycles. The molecule has 4 rings (SSSR count). The van der Waals surface area contributed by atoms with Gasteiger partial charge in [0.1, 0.15) is 6.04 Å². The van der Waals surface area contributed by atoms with Gasteiger partial charge in [0.05, 0.1) is 12.2 Å². The summed E-state index contributed by atoms with van der Waals surface area (Å²) in [6.07, 6.45) is 5.56. The van der Waals surface area contributed by atoms with E-state index in [9.17, 15) is 4.79 Å². The SMILES string of the molecule is O=C(C1CCCN1c1ccccc1)N1CC(n2ccnn2)C1. The van der Waals surface area contributed by atoms with E-state index in [1.165, 1.54) is 0 Å². The van der Waals surface area contributed by atoms with Crippen LogP contribution in [0.5, 0.6) is 0 Å². The van der Waals surface area contributed by atoms with Gasteiger partial charge >= 0.3 is 0 Å². The van der Waals surface area contributed by atoms with Crippen molar-refractivity contribution in [2.45, 2.75) is 24.9 Å². The molecule has 2 saturated heterocycles. The molecule has 6 nitrogen and oxygen atoms in total. The highest BCUT2D eigenvalue weighted by Gasteiger charge is 2.39. The monoisotopic (exact) mass is 297 g/mol. The largest absolute Gasteiger partial charge is 0.360 e. The number of anilines is 1. The molecule has 1 atom stereocenters. The minimum absolute atomic E-state index is 0.0147. The van der Waals surface area contributed by atoms with Gasteiger partial charge in [0.15, 0.2) is 0 Å². The summed E-state index contributed by atoms with van der Waals surface area (Å²) in [6.45, 7) is 2.43. The zero-order valence-corrected chi connectivity index (χ0v) is 12.4. The van der Waals surface area contributed by atoms with Crippen LogP contribution in [0.15, 0.2) is 42.7 Å². The molecule has 0 radical (unpaired) electrons. The Kier molecular flexibility index (Phi) is 3.29. The lowest BCUT2D eigenvalue weighted by molar-refractivity contribution is -0.138. The fourth-order valence-electron chi connectivity index (χ4n) is 3.38. The molecular formula is C16H19N5O. The summed E-state index contributed by atoms with van der Waals surface area (Å²) in [4.78, 5) is 16.9. The number of nitrogens with zero attached hydrogens (tertiary/aromatic N) is 5. The van der Waals surface area contributed by atoms with Gasteiger partial charge in [0, 0.05) is 31.5 Å². The van der Waals surface area contributed by atoms with Crippen molar-refractivity contribution >= 4 is 11.6 Å². The lowest BCUT2D eigenvalue weighted by Gasteiger charge is -2.41. The Balaban J connectivity index is 1.42. The molecule has 0 saturated carbocycles. The predicted octanol–water partition coefficient (Wildman–Crippen LogP) is 1.33. The summed E-state index contributed by atoms with van der Waals surface area (Å²) in [5, 5.41) is 7.84. The molecular weight excluding hydrogens is 278 g/mol. The van der Waals surface area contributed by atoms with Crippen molar-refractivity contribution in [3.05, 3.63) is 42.7 Å². The Hall–Kier alpha value is -2.37. The molecule has 0 spiro atoms. The zero-order valence-electron chi connectivity index (χ0n) is 12.4. The number of hydrogen-bond donors (Lipinski definition) is 0. The lowest BCUT2D eigenvalue weighted by Crippen LogP contribution is -2.56. The molecule has 2 aromatic rings. The third-order valence-electron chi connectivity index (χ3n) is 4.61. The minimum atomic E-state index is -0.0147. The van der Waals surface area contributed by atoms with Gasteiger partial charge in [-0.25, -0.2) is 4.68 Å². The number of para-hydroxylation sites is 1. The molecule has 6 heteroatoms. The number of carbonyl (C=O) groups excluding carboxylic acids is 1. The smallest absolute Gasteiger partial charge is 0.245 e. The Morgan fingerprint density at radius 2 is 2.00 bits per heavy atom.